The number of ether oxygens (including phenoxy) is 2. The number of hydrogen-bond donors (Lipinski definition) is 1. The summed E-state index contributed by atoms with van der Waals surface area (Å²) in [6.07, 6.45) is 0. The van der Waals surface area contributed by atoms with E-state index in [-0.39, 0.29) is 12.4 Å². The van der Waals surface area contributed by atoms with Gasteiger partial charge in [0.15, 0.2) is 0 Å². The maximum Gasteiger partial charge on any atom is 0.213 e. The van der Waals surface area contributed by atoms with Gasteiger partial charge < -0.3 is 9.47 Å². The van der Waals surface area contributed by atoms with Gasteiger partial charge in [0.25, 0.3) is 0 Å². The molecule has 0 aliphatic carbocycles. The third kappa shape index (κ3) is 8.89. The van der Waals surface area contributed by atoms with Crippen LogP contribution in [0.4, 0.5) is 0 Å². The fourth-order valence-electron chi connectivity index (χ4n) is 0.691. The summed E-state index contributed by atoms with van der Waals surface area (Å²) in [4.78, 5) is 0. The molecule has 1 N–H and O–H groups in total. The largest absolute Gasteiger partial charge is 0.384 e. The lowest BCUT2D eigenvalue weighted by atomic mass is 10.7. The maximum absolute atomic E-state index is 11.2. The molecule has 14 heavy (non-hydrogen) atoms. The lowest BCUT2D eigenvalue weighted by Gasteiger charge is -2.06. The van der Waals surface area contributed by atoms with E-state index < -0.39 is 10.0 Å². The van der Waals surface area contributed by atoms with Gasteiger partial charge in [0.05, 0.1) is 25.6 Å². The first-order chi connectivity index (χ1) is 6.62. The predicted molar refractivity (Wildman–Crippen MR) is 58.3 cm³/mol. The number of alkyl halides is 1. The first-order valence-electron chi connectivity index (χ1n) is 4.22. The van der Waals surface area contributed by atoms with Gasteiger partial charge in [0.2, 0.25) is 10.0 Å². The summed E-state index contributed by atoms with van der Waals surface area (Å²) in [5.41, 5.74) is 0. The molecule has 86 valence electrons. The van der Waals surface area contributed by atoms with Crippen LogP contribution in [0, 0.1) is 0 Å². The van der Waals surface area contributed by atoms with E-state index in [2.05, 4.69) is 25.4 Å². The van der Waals surface area contributed by atoms with Crippen LogP contribution in [0.5, 0.6) is 0 Å². The quantitative estimate of drug-likeness (QED) is 0.478. The Morgan fingerprint density at radius 1 is 1.29 bits per heavy atom. The zero-order valence-electron chi connectivity index (χ0n) is 8.16. The fraction of sp³-hybridized carbons (Fsp3) is 1.00. The summed E-state index contributed by atoms with van der Waals surface area (Å²) in [5.74, 6) is -0.0120. The normalized spacial score (nSPS) is 11.9. The molecule has 0 fully saturated rings. The van der Waals surface area contributed by atoms with Crippen molar-refractivity contribution in [2.45, 2.75) is 0 Å². The number of rotatable bonds is 9. The van der Waals surface area contributed by atoms with Crippen molar-refractivity contribution in [1.29, 1.82) is 0 Å². The highest BCUT2D eigenvalue weighted by molar-refractivity contribution is 9.09. The minimum atomic E-state index is -3.20. The first kappa shape index (κ1) is 14.3. The van der Waals surface area contributed by atoms with E-state index >= 15 is 0 Å². The molecule has 0 saturated carbocycles. The molecule has 0 heterocycles. The van der Waals surface area contributed by atoms with E-state index in [1.165, 1.54) is 7.11 Å². The van der Waals surface area contributed by atoms with E-state index in [4.69, 9.17) is 4.74 Å². The standard InChI is InChI=1S/C7H16BrNO4S/c1-12-6-7-14(10,11)9-3-5-13-4-2-8/h9H,2-7H2,1H3. The van der Waals surface area contributed by atoms with Gasteiger partial charge in [-0.3, -0.25) is 0 Å². The Bertz CT molecular complexity index is 220. The Hall–Kier alpha value is 0.310. The highest BCUT2D eigenvalue weighted by Gasteiger charge is 2.07. The highest BCUT2D eigenvalue weighted by Crippen LogP contribution is 1.85. The third-order valence-corrected chi connectivity index (χ3v) is 3.02. The molecule has 0 amide bonds. The molecule has 0 radical (unpaired) electrons. The summed E-state index contributed by atoms with van der Waals surface area (Å²) >= 11 is 3.19. The van der Waals surface area contributed by atoms with Crippen LogP contribution in [0.1, 0.15) is 0 Å². The number of halogens is 1. The molecule has 0 aliphatic rings. The summed E-state index contributed by atoms with van der Waals surface area (Å²) in [6, 6.07) is 0. The van der Waals surface area contributed by atoms with Crippen LogP contribution in [0.2, 0.25) is 0 Å². The molecule has 0 bridgehead atoms. The number of nitrogens with one attached hydrogen (secondary N) is 1. The second-order valence-electron chi connectivity index (χ2n) is 2.51. The molecular formula is C7H16BrNO4S. The Morgan fingerprint density at radius 2 is 2.00 bits per heavy atom. The maximum atomic E-state index is 11.2. The Labute approximate surface area is 93.3 Å². The molecule has 0 spiro atoms. The third-order valence-electron chi connectivity index (χ3n) is 1.35. The molecule has 0 aromatic rings. The van der Waals surface area contributed by atoms with Crippen molar-refractivity contribution in [3.05, 3.63) is 0 Å². The van der Waals surface area contributed by atoms with Gasteiger partial charge in [-0.05, 0) is 0 Å². The highest BCUT2D eigenvalue weighted by atomic mass is 79.9. The van der Waals surface area contributed by atoms with Crippen LogP contribution in [-0.4, -0.2) is 53.0 Å². The molecule has 0 aliphatic heterocycles. The Kier molecular flexibility index (Phi) is 8.80. The minimum absolute atomic E-state index is 0.0120. The van der Waals surface area contributed by atoms with Gasteiger partial charge in [-0.15, -0.1) is 0 Å². The summed E-state index contributed by atoms with van der Waals surface area (Å²) in [5, 5.41) is 0.753. The lowest BCUT2D eigenvalue weighted by Crippen LogP contribution is -2.31. The van der Waals surface area contributed by atoms with Gasteiger partial charge in [-0.1, -0.05) is 15.9 Å². The Morgan fingerprint density at radius 3 is 2.57 bits per heavy atom. The average molecular weight is 290 g/mol. The van der Waals surface area contributed by atoms with Crippen molar-refractivity contribution in [3.63, 3.8) is 0 Å². The minimum Gasteiger partial charge on any atom is -0.384 e. The predicted octanol–water partition coefficient (Wildman–Crippen LogP) is -0.0363. The van der Waals surface area contributed by atoms with Gasteiger partial charge >= 0.3 is 0 Å². The van der Waals surface area contributed by atoms with Crippen LogP contribution < -0.4 is 4.72 Å². The number of sulfonamides is 1. The molecule has 0 aromatic heterocycles. The van der Waals surface area contributed by atoms with Crippen molar-refractivity contribution in [2.75, 3.05) is 44.6 Å². The molecule has 0 atom stereocenters. The smallest absolute Gasteiger partial charge is 0.213 e. The second-order valence-corrected chi connectivity index (χ2v) is 5.23. The molecule has 0 rings (SSSR count). The zero-order chi connectivity index (χ0) is 10.9. The van der Waals surface area contributed by atoms with E-state index in [0.29, 0.717) is 19.8 Å². The van der Waals surface area contributed by atoms with Gasteiger partial charge in [0, 0.05) is 19.0 Å². The molecule has 0 aromatic carbocycles. The molecule has 7 heteroatoms. The van der Waals surface area contributed by atoms with E-state index in [0.717, 1.165) is 5.33 Å². The van der Waals surface area contributed by atoms with Crippen LogP contribution >= 0.6 is 15.9 Å². The fourth-order valence-corrected chi connectivity index (χ4v) is 1.84. The van der Waals surface area contributed by atoms with Crippen LogP contribution in [-0.2, 0) is 19.5 Å². The van der Waals surface area contributed by atoms with Crippen molar-refractivity contribution in [1.82, 2.24) is 4.72 Å². The first-order valence-corrected chi connectivity index (χ1v) is 6.99. The van der Waals surface area contributed by atoms with E-state index in [9.17, 15) is 8.42 Å². The van der Waals surface area contributed by atoms with Crippen LogP contribution in [0.3, 0.4) is 0 Å². The summed E-state index contributed by atoms with van der Waals surface area (Å²) in [7, 11) is -1.73. The molecular weight excluding hydrogens is 274 g/mol. The van der Waals surface area contributed by atoms with Crippen molar-refractivity contribution >= 4 is 26.0 Å². The topological polar surface area (TPSA) is 64.6 Å². The van der Waals surface area contributed by atoms with Gasteiger partial charge in [-0.2, -0.15) is 0 Å². The molecule has 0 unspecified atom stereocenters. The van der Waals surface area contributed by atoms with E-state index in [1.807, 2.05) is 0 Å². The van der Waals surface area contributed by atoms with Crippen molar-refractivity contribution in [2.24, 2.45) is 0 Å². The molecule has 0 saturated heterocycles. The zero-order valence-corrected chi connectivity index (χ0v) is 10.6. The van der Waals surface area contributed by atoms with Crippen LogP contribution in [0.15, 0.2) is 0 Å². The van der Waals surface area contributed by atoms with Gasteiger partial charge in [-0.25, -0.2) is 13.1 Å². The average Bonchev–Trinajstić information content (AvgIpc) is 2.15. The second kappa shape index (κ2) is 8.60. The van der Waals surface area contributed by atoms with Crippen molar-refractivity contribution < 1.29 is 17.9 Å². The molecule has 5 nitrogen and oxygen atoms in total. The summed E-state index contributed by atoms with van der Waals surface area (Å²) < 4.78 is 34.5. The Balaban J connectivity index is 3.46. The number of methoxy groups -OCH3 is 1. The van der Waals surface area contributed by atoms with Gasteiger partial charge in [0.1, 0.15) is 0 Å². The van der Waals surface area contributed by atoms with Crippen molar-refractivity contribution in [3.8, 4) is 0 Å². The van der Waals surface area contributed by atoms with Crippen LogP contribution in [0.25, 0.3) is 0 Å². The number of hydrogen-bond acceptors (Lipinski definition) is 4. The lowest BCUT2D eigenvalue weighted by molar-refractivity contribution is 0.156. The monoisotopic (exact) mass is 289 g/mol. The summed E-state index contributed by atoms with van der Waals surface area (Å²) in [6.45, 7) is 1.48. The van der Waals surface area contributed by atoms with E-state index in [1.54, 1.807) is 0 Å². The SMILES string of the molecule is COCCS(=O)(=O)NCCOCCBr.